The summed E-state index contributed by atoms with van der Waals surface area (Å²) in [6.07, 6.45) is 6.09. The highest BCUT2D eigenvalue weighted by molar-refractivity contribution is 5.77. The van der Waals surface area contributed by atoms with Crippen molar-refractivity contribution in [2.45, 2.75) is 39.0 Å². The molecule has 1 unspecified atom stereocenters. The molecular formula is C13H26N2O2. The summed E-state index contributed by atoms with van der Waals surface area (Å²) < 4.78 is 5.20. The maximum absolute atomic E-state index is 11.9. The van der Waals surface area contributed by atoms with E-state index in [0.29, 0.717) is 13.2 Å². The first-order valence-corrected chi connectivity index (χ1v) is 6.83. The first-order chi connectivity index (χ1) is 8.27. The lowest BCUT2D eigenvalue weighted by molar-refractivity contribution is -0.136. The highest BCUT2D eigenvalue weighted by atomic mass is 16.5. The number of carbonyl (C=O) groups is 1. The Hall–Kier alpha value is -0.610. The molecule has 4 nitrogen and oxygen atoms in total. The van der Waals surface area contributed by atoms with Crippen LogP contribution in [-0.2, 0) is 9.53 Å². The van der Waals surface area contributed by atoms with Crippen LogP contribution in [0.15, 0.2) is 0 Å². The molecule has 1 rings (SSSR count). The maximum Gasteiger partial charge on any atom is 0.248 e. The molecule has 0 aliphatic carbocycles. The van der Waals surface area contributed by atoms with Crippen LogP contribution >= 0.6 is 0 Å². The molecule has 0 aromatic heterocycles. The maximum atomic E-state index is 11.9. The Balaban J connectivity index is 2.27. The van der Waals surface area contributed by atoms with Gasteiger partial charge in [-0.05, 0) is 25.2 Å². The normalized spacial score (nSPS) is 21.3. The van der Waals surface area contributed by atoms with E-state index >= 15 is 0 Å². The predicted octanol–water partition coefficient (Wildman–Crippen LogP) is 1.39. The van der Waals surface area contributed by atoms with Crippen LogP contribution in [0, 0.1) is 5.92 Å². The van der Waals surface area contributed by atoms with Crippen molar-refractivity contribution in [1.29, 1.82) is 0 Å². The summed E-state index contributed by atoms with van der Waals surface area (Å²) in [4.78, 5) is 13.8. The van der Waals surface area contributed by atoms with Crippen molar-refractivity contribution >= 4 is 5.91 Å². The van der Waals surface area contributed by atoms with Crippen LogP contribution in [-0.4, -0.2) is 43.7 Å². The van der Waals surface area contributed by atoms with Gasteiger partial charge in [0, 0.05) is 19.6 Å². The molecule has 1 heterocycles. The predicted molar refractivity (Wildman–Crippen MR) is 68.7 cm³/mol. The Morgan fingerprint density at radius 3 is 2.94 bits per heavy atom. The van der Waals surface area contributed by atoms with Gasteiger partial charge in [0.25, 0.3) is 0 Å². The zero-order chi connectivity index (χ0) is 12.5. The van der Waals surface area contributed by atoms with Crippen LogP contribution in [0.1, 0.15) is 39.0 Å². The van der Waals surface area contributed by atoms with Gasteiger partial charge in [-0.25, -0.2) is 0 Å². The molecular weight excluding hydrogens is 216 g/mol. The van der Waals surface area contributed by atoms with Gasteiger partial charge in [-0.3, -0.25) is 4.79 Å². The zero-order valence-electron chi connectivity index (χ0n) is 11.0. The molecule has 1 saturated heterocycles. The van der Waals surface area contributed by atoms with Crippen LogP contribution in [0.25, 0.3) is 0 Å². The van der Waals surface area contributed by atoms with E-state index in [1.54, 1.807) is 0 Å². The molecule has 1 atom stereocenters. The van der Waals surface area contributed by atoms with Crippen molar-refractivity contribution in [1.82, 2.24) is 4.90 Å². The molecule has 4 heteroatoms. The van der Waals surface area contributed by atoms with Gasteiger partial charge in [-0.2, -0.15) is 0 Å². The molecule has 1 aliphatic heterocycles. The minimum atomic E-state index is 0.121. The van der Waals surface area contributed by atoms with Crippen molar-refractivity contribution in [3.8, 4) is 0 Å². The third kappa shape index (κ3) is 5.50. The molecule has 1 aliphatic rings. The number of hydrogen-bond donors (Lipinski definition) is 1. The van der Waals surface area contributed by atoms with Gasteiger partial charge in [-0.15, -0.1) is 0 Å². The molecule has 17 heavy (non-hydrogen) atoms. The topological polar surface area (TPSA) is 55.6 Å². The molecule has 0 aromatic carbocycles. The lowest BCUT2D eigenvalue weighted by atomic mass is 9.96. The number of ether oxygens (including phenoxy) is 1. The number of nitrogens with zero attached hydrogens (tertiary/aromatic N) is 1. The number of nitrogens with two attached hydrogens (primary N) is 1. The van der Waals surface area contributed by atoms with Gasteiger partial charge >= 0.3 is 0 Å². The number of amides is 1. The number of likely N-dealkylation sites (tertiary alicyclic amines) is 1. The van der Waals surface area contributed by atoms with Crippen LogP contribution in [0.5, 0.6) is 0 Å². The van der Waals surface area contributed by atoms with E-state index in [0.717, 1.165) is 31.8 Å². The number of carbonyl (C=O) groups excluding carboxylic acids is 1. The highest BCUT2D eigenvalue weighted by Gasteiger charge is 2.19. The highest BCUT2D eigenvalue weighted by Crippen LogP contribution is 2.21. The Morgan fingerprint density at radius 2 is 2.24 bits per heavy atom. The second kappa shape index (κ2) is 8.48. The second-order valence-electron chi connectivity index (χ2n) is 4.81. The Morgan fingerprint density at radius 1 is 1.41 bits per heavy atom. The van der Waals surface area contributed by atoms with Crippen molar-refractivity contribution in [2.24, 2.45) is 11.7 Å². The van der Waals surface area contributed by atoms with Crippen LogP contribution < -0.4 is 5.73 Å². The zero-order valence-corrected chi connectivity index (χ0v) is 11.0. The Kier molecular flexibility index (Phi) is 7.21. The molecule has 0 aromatic rings. The summed E-state index contributed by atoms with van der Waals surface area (Å²) in [7, 11) is 0. The largest absolute Gasteiger partial charge is 0.370 e. The second-order valence-corrected chi connectivity index (χ2v) is 4.81. The monoisotopic (exact) mass is 242 g/mol. The average Bonchev–Trinajstić information content (AvgIpc) is 2.55. The smallest absolute Gasteiger partial charge is 0.248 e. The molecule has 2 N–H and O–H groups in total. The lowest BCUT2D eigenvalue weighted by Gasteiger charge is -2.20. The van der Waals surface area contributed by atoms with Gasteiger partial charge in [0.2, 0.25) is 5.91 Å². The molecule has 0 spiro atoms. The van der Waals surface area contributed by atoms with E-state index in [1.807, 2.05) is 4.90 Å². The van der Waals surface area contributed by atoms with Gasteiger partial charge in [0.15, 0.2) is 0 Å². The van der Waals surface area contributed by atoms with Crippen molar-refractivity contribution in [2.75, 3.05) is 32.8 Å². The molecule has 1 amide bonds. The quantitative estimate of drug-likeness (QED) is 0.716. The fourth-order valence-electron chi connectivity index (χ4n) is 2.45. The lowest BCUT2D eigenvalue weighted by Crippen LogP contribution is -2.35. The fourth-order valence-corrected chi connectivity index (χ4v) is 2.45. The molecule has 0 bridgehead atoms. The average molecular weight is 242 g/mol. The Labute approximate surface area is 104 Å². The van der Waals surface area contributed by atoms with Crippen LogP contribution in [0.2, 0.25) is 0 Å². The Bertz CT molecular complexity index is 221. The minimum absolute atomic E-state index is 0.121. The number of rotatable bonds is 6. The van der Waals surface area contributed by atoms with Gasteiger partial charge in [0.1, 0.15) is 6.61 Å². The fraction of sp³-hybridized carbons (Fsp3) is 0.923. The van der Waals surface area contributed by atoms with E-state index in [2.05, 4.69) is 6.92 Å². The van der Waals surface area contributed by atoms with Crippen molar-refractivity contribution in [3.05, 3.63) is 0 Å². The SMILES string of the molecule is CCCC1CCCN(C(=O)COCCN)CC1. The molecule has 0 radical (unpaired) electrons. The van der Waals surface area contributed by atoms with Gasteiger partial charge in [-0.1, -0.05) is 19.8 Å². The summed E-state index contributed by atoms with van der Waals surface area (Å²) in [6.45, 7) is 5.16. The third-order valence-electron chi connectivity index (χ3n) is 3.39. The molecule has 1 fully saturated rings. The molecule has 100 valence electrons. The van der Waals surface area contributed by atoms with Gasteiger partial charge < -0.3 is 15.4 Å². The summed E-state index contributed by atoms with van der Waals surface area (Å²) in [6, 6.07) is 0. The standard InChI is InChI=1S/C13H26N2O2/c1-2-4-12-5-3-8-15(9-6-12)13(16)11-17-10-7-14/h12H,2-11,14H2,1H3. The third-order valence-corrected chi connectivity index (χ3v) is 3.39. The van der Waals surface area contributed by atoms with E-state index in [4.69, 9.17) is 10.5 Å². The van der Waals surface area contributed by atoms with Gasteiger partial charge in [0.05, 0.1) is 6.61 Å². The summed E-state index contributed by atoms with van der Waals surface area (Å²) >= 11 is 0. The summed E-state index contributed by atoms with van der Waals surface area (Å²) in [5, 5.41) is 0. The minimum Gasteiger partial charge on any atom is -0.370 e. The number of hydrogen-bond acceptors (Lipinski definition) is 3. The first kappa shape index (κ1) is 14.5. The van der Waals surface area contributed by atoms with E-state index in [9.17, 15) is 4.79 Å². The van der Waals surface area contributed by atoms with Crippen molar-refractivity contribution < 1.29 is 9.53 Å². The van der Waals surface area contributed by atoms with Crippen LogP contribution in [0.3, 0.4) is 0 Å². The van der Waals surface area contributed by atoms with E-state index < -0.39 is 0 Å². The first-order valence-electron chi connectivity index (χ1n) is 6.83. The van der Waals surface area contributed by atoms with E-state index in [-0.39, 0.29) is 12.5 Å². The van der Waals surface area contributed by atoms with Crippen molar-refractivity contribution in [3.63, 3.8) is 0 Å². The molecule has 0 saturated carbocycles. The van der Waals surface area contributed by atoms with E-state index in [1.165, 1.54) is 19.3 Å². The van der Waals surface area contributed by atoms with Crippen LogP contribution in [0.4, 0.5) is 0 Å². The summed E-state index contributed by atoms with van der Waals surface area (Å²) in [5.41, 5.74) is 5.32. The summed E-state index contributed by atoms with van der Waals surface area (Å²) in [5.74, 6) is 0.929.